The average Bonchev–Trinajstić information content (AvgIpc) is 3.17. The molecule has 1 aliphatic carbocycles. The van der Waals surface area contributed by atoms with E-state index in [0.29, 0.717) is 11.6 Å². The molecule has 0 aliphatic heterocycles. The van der Waals surface area contributed by atoms with Crippen molar-refractivity contribution in [2.45, 2.75) is 38.6 Å². The summed E-state index contributed by atoms with van der Waals surface area (Å²) in [6, 6.07) is 6.39. The van der Waals surface area contributed by atoms with Gasteiger partial charge >= 0.3 is 0 Å². The Bertz CT molecular complexity index is 715. The van der Waals surface area contributed by atoms with Crippen LogP contribution in [0.5, 0.6) is 5.75 Å². The number of nitrogens with one attached hydrogen (secondary N) is 1. The van der Waals surface area contributed by atoms with E-state index in [1.165, 1.54) is 12.8 Å². The van der Waals surface area contributed by atoms with Gasteiger partial charge in [0.05, 0.1) is 19.3 Å². The number of aromatic nitrogens is 1. The molecule has 5 nitrogen and oxygen atoms in total. The van der Waals surface area contributed by atoms with Crippen molar-refractivity contribution in [2.24, 2.45) is 0 Å². The molecule has 2 aromatic rings. The minimum Gasteiger partial charge on any atom is -0.497 e. The number of rotatable bonds is 5. The molecular formula is C18H24N2O3. The molecule has 23 heavy (non-hydrogen) atoms. The zero-order valence-corrected chi connectivity index (χ0v) is 13.8. The largest absolute Gasteiger partial charge is 0.497 e. The van der Waals surface area contributed by atoms with E-state index in [1.807, 2.05) is 25.1 Å². The number of methoxy groups -OCH3 is 1. The number of aliphatic hydroxyl groups excluding tert-OH is 1. The third kappa shape index (κ3) is 2.81. The van der Waals surface area contributed by atoms with Crippen LogP contribution in [-0.2, 0) is 0 Å². The highest BCUT2D eigenvalue weighted by molar-refractivity contribution is 6.08. The lowest BCUT2D eigenvalue weighted by Gasteiger charge is -2.16. The van der Waals surface area contributed by atoms with Crippen molar-refractivity contribution in [3.8, 4) is 5.75 Å². The Morgan fingerprint density at radius 3 is 2.78 bits per heavy atom. The monoisotopic (exact) mass is 316 g/mol. The van der Waals surface area contributed by atoms with Gasteiger partial charge in [-0.15, -0.1) is 0 Å². The highest BCUT2D eigenvalue weighted by Gasteiger charge is 2.26. The third-order valence-corrected chi connectivity index (χ3v) is 4.77. The van der Waals surface area contributed by atoms with Crippen LogP contribution in [0.1, 0.15) is 47.8 Å². The Morgan fingerprint density at radius 2 is 2.13 bits per heavy atom. The Morgan fingerprint density at radius 1 is 1.39 bits per heavy atom. The number of hydrogen-bond acceptors (Lipinski definition) is 3. The number of benzene rings is 1. The molecule has 0 bridgehead atoms. The quantitative estimate of drug-likeness (QED) is 0.891. The summed E-state index contributed by atoms with van der Waals surface area (Å²) in [6.07, 6.45) is 4.81. The van der Waals surface area contributed by atoms with Crippen molar-refractivity contribution >= 4 is 16.8 Å². The topological polar surface area (TPSA) is 63.5 Å². The molecule has 5 heteroatoms. The number of hydrogen-bond donors (Lipinski definition) is 2. The first kappa shape index (κ1) is 15.9. The van der Waals surface area contributed by atoms with Gasteiger partial charge in [0.2, 0.25) is 0 Å². The molecule has 3 rings (SSSR count). The van der Waals surface area contributed by atoms with Gasteiger partial charge in [0.1, 0.15) is 5.75 Å². The van der Waals surface area contributed by atoms with Gasteiger partial charge in [0.15, 0.2) is 0 Å². The molecule has 1 amide bonds. The summed E-state index contributed by atoms with van der Waals surface area (Å²) in [5.74, 6) is 0.615. The van der Waals surface area contributed by atoms with Crippen molar-refractivity contribution in [1.82, 2.24) is 9.88 Å². The van der Waals surface area contributed by atoms with Crippen LogP contribution in [0.25, 0.3) is 10.9 Å². The van der Waals surface area contributed by atoms with Gasteiger partial charge < -0.3 is 19.7 Å². The van der Waals surface area contributed by atoms with E-state index < -0.39 is 0 Å². The highest BCUT2D eigenvalue weighted by atomic mass is 16.5. The molecule has 2 N–H and O–H groups in total. The highest BCUT2D eigenvalue weighted by Crippen LogP contribution is 2.37. The zero-order chi connectivity index (χ0) is 16.4. The Balaban J connectivity index is 2.15. The first-order valence-corrected chi connectivity index (χ1v) is 8.25. The molecule has 0 unspecified atom stereocenters. The lowest BCUT2D eigenvalue weighted by Crippen LogP contribution is -2.27. The van der Waals surface area contributed by atoms with Crippen molar-refractivity contribution in [3.05, 3.63) is 29.5 Å². The summed E-state index contributed by atoms with van der Waals surface area (Å²) in [5, 5.41) is 12.7. The normalized spacial score (nSPS) is 15.3. The second kappa shape index (κ2) is 6.62. The number of nitrogens with zero attached hydrogens (tertiary/aromatic N) is 1. The molecule has 1 aliphatic rings. The third-order valence-electron chi connectivity index (χ3n) is 4.77. The summed E-state index contributed by atoms with van der Waals surface area (Å²) >= 11 is 0. The van der Waals surface area contributed by atoms with Gasteiger partial charge in [-0.05, 0) is 38.0 Å². The lowest BCUT2D eigenvalue weighted by molar-refractivity contribution is 0.0945. The first-order valence-electron chi connectivity index (χ1n) is 8.25. The standard InChI is InChI=1S/C18H24N2O3/c1-12-17(18(22)19-9-10-21)15-11-14(23-2)7-8-16(15)20(12)13-5-3-4-6-13/h7-8,11,13,21H,3-6,9-10H2,1-2H3,(H,19,22). The van der Waals surface area contributed by atoms with Crippen molar-refractivity contribution in [2.75, 3.05) is 20.3 Å². The van der Waals surface area contributed by atoms with Gasteiger partial charge in [0, 0.05) is 29.2 Å². The predicted octanol–water partition coefficient (Wildman–Crippen LogP) is 2.80. The number of carbonyl (C=O) groups is 1. The van der Waals surface area contributed by atoms with Crippen LogP contribution in [0.3, 0.4) is 0 Å². The minimum absolute atomic E-state index is 0.0601. The van der Waals surface area contributed by atoms with Gasteiger partial charge in [-0.3, -0.25) is 4.79 Å². The van der Waals surface area contributed by atoms with Crippen LogP contribution in [0.15, 0.2) is 18.2 Å². The van der Waals surface area contributed by atoms with Gasteiger partial charge in [-0.1, -0.05) is 12.8 Å². The van der Waals surface area contributed by atoms with E-state index in [4.69, 9.17) is 9.84 Å². The van der Waals surface area contributed by atoms with Crippen LogP contribution in [0, 0.1) is 6.92 Å². The number of amides is 1. The van der Waals surface area contributed by atoms with Gasteiger partial charge in [0.25, 0.3) is 5.91 Å². The number of aliphatic hydroxyl groups is 1. The maximum absolute atomic E-state index is 12.6. The van der Waals surface area contributed by atoms with E-state index >= 15 is 0 Å². The summed E-state index contributed by atoms with van der Waals surface area (Å²) in [6.45, 7) is 2.21. The SMILES string of the molecule is COc1ccc2c(c1)c(C(=O)NCCO)c(C)n2C1CCCC1. The lowest BCUT2D eigenvalue weighted by atomic mass is 10.1. The zero-order valence-electron chi connectivity index (χ0n) is 13.8. The molecule has 1 aromatic heterocycles. The molecule has 1 fully saturated rings. The molecule has 0 radical (unpaired) electrons. The molecule has 1 saturated carbocycles. The van der Waals surface area contributed by atoms with Crippen molar-refractivity contribution < 1.29 is 14.6 Å². The molecule has 1 heterocycles. The molecule has 0 saturated heterocycles. The van der Waals surface area contributed by atoms with Crippen molar-refractivity contribution in [3.63, 3.8) is 0 Å². The van der Waals surface area contributed by atoms with Crippen LogP contribution < -0.4 is 10.1 Å². The van der Waals surface area contributed by atoms with E-state index in [9.17, 15) is 4.79 Å². The second-order valence-electron chi connectivity index (χ2n) is 6.13. The Hall–Kier alpha value is -2.01. The number of carbonyl (C=O) groups excluding carboxylic acids is 1. The summed E-state index contributed by atoms with van der Waals surface area (Å²) in [4.78, 5) is 12.6. The first-order chi connectivity index (χ1) is 11.2. The Kier molecular flexibility index (Phi) is 4.57. The summed E-state index contributed by atoms with van der Waals surface area (Å²) in [7, 11) is 1.63. The maximum atomic E-state index is 12.6. The van der Waals surface area contributed by atoms with E-state index in [1.54, 1.807) is 7.11 Å². The van der Waals surface area contributed by atoms with Gasteiger partial charge in [-0.25, -0.2) is 0 Å². The molecular weight excluding hydrogens is 292 g/mol. The van der Waals surface area contributed by atoms with Crippen LogP contribution in [0.2, 0.25) is 0 Å². The second-order valence-corrected chi connectivity index (χ2v) is 6.13. The summed E-state index contributed by atoms with van der Waals surface area (Å²) < 4.78 is 7.65. The number of fused-ring (bicyclic) bond motifs is 1. The van der Waals surface area contributed by atoms with Crippen LogP contribution in [0.4, 0.5) is 0 Å². The van der Waals surface area contributed by atoms with E-state index in [-0.39, 0.29) is 19.1 Å². The van der Waals surface area contributed by atoms with Gasteiger partial charge in [-0.2, -0.15) is 0 Å². The molecule has 0 spiro atoms. The summed E-state index contributed by atoms with van der Waals surface area (Å²) in [5.41, 5.74) is 2.78. The minimum atomic E-state index is -0.133. The molecule has 1 aromatic carbocycles. The fraction of sp³-hybridized carbons (Fsp3) is 0.500. The fourth-order valence-electron chi connectivity index (χ4n) is 3.73. The molecule has 124 valence electrons. The van der Waals surface area contributed by atoms with Crippen LogP contribution >= 0.6 is 0 Å². The smallest absolute Gasteiger partial charge is 0.253 e. The van der Waals surface area contributed by atoms with Crippen molar-refractivity contribution in [1.29, 1.82) is 0 Å². The predicted molar refractivity (Wildman–Crippen MR) is 90.2 cm³/mol. The molecule has 0 atom stereocenters. The Labute approximate surface area is 136 Å². The van der Waals surface area contributed by atoms with Crippen LogP contribution in [-0.4, -0.2) is 35.8 Å². The van der Waals surface area contributed by atoms with E-state index in [0.717, 1.165) is 35.2 Å². The fourth-order valence-corrected chi connectivity index (χ4v) is 3.73. The average molecular weight is 316 g/mol. The maximum Gasteiger partial charge on any atom is 0.253 e. The van der Waals surface area contributed by atoms with E-state index in [2.05, 4.69) is 9.88 Å². The number of ether oxygens (including phenoxy) is 1.